The number of hydrogen-bond donors (Lipinski definition) is 2. The topological polar surface area (TPSA) is 111 Å². The largest absolute Gasteiger partial charge is 0.480 e. The lowest BCUT2D eigenvalue weighted by atomic mass is 9.83. The second-order valence-electron chi connectivity index (χ2n) is 8.13. The average Bonchev–Trinajstić information content (AvgIpc) is 2.81. The Kier molecular flexibility index (Phi) is 7.75. The summed E-state index contributed by atoms with van der Waals surface area (Å²) in [5.74, 6) is -2.59. The lowest BCUT2D eigenvalue weighted by Crippen LogP contribution is -2.47. The molecule has 7 nitrogen and oxygen atoms in total. The van der Waals surface area contributed by atoms with Gasteiger partial charge >= 0.3 is 12.1 Å². The van der Waals surface area contributed by atoms with Crippen LogP contribution in [0.2, 0.25) is 0 Å². The molecule has 0 amide bonds. The van der Waals surface area contributed by atoms with Gasteiger partial charge in [-0.25, -0.2) is 12.8 Å². The highest BCUT2D eigenvalue weighted by atomic mass is 32.2. The van der Waals surface area contributed by atoms with Crippen molar-refractivity contribution in [3.8, 4) is 11.1 Å². The summed E-state index contributed by atoms with van der Waals surface area (Å²) in [5.41, 5.74) is -0.670. The summed E-state index contributed by atoms with van der Waals surface area (Å²) in [7, 11) is -3.26. The third-order valence-corrected chi connectivity index (χ3v) is 7.74. The average molecular weight is 514 g/mol. The van der Waals surface area contributed by atoms with E-state index in [4.69, 9.17) is 10.5 Å². The van der Waals surface area contributed by atoms with Crippen molar-refractivity contribution in [1.82, 2.24) is 4.31 Å². The summed E-state index contributed by atoms with van der Waals surface area (Å²) in [6.45, 7) is -0.530. The van der Waals surface area contributed by atoms with Crippen LogP contribution in [0.25, 0.3) is 11.1 Å². The molecule has 1 aliphatic carbocycles. The van der Waals surface area contributed by atoms with Gasteiger partial charge in [0.2, 0.25) is 10.0 Å². The number of sulfonamides is 1. The molecule has 2 unspecified atom stereocenters. The molecular weight excluding hydrogens is 490 g/mol. The van der Waals surface area contributed by atoms with Gasteiger partial charge in [0, 0.05) is 30.9 Å². The molecule has 0 aliphatic heterocycles. The Labute approximate surface area is 199 Å². The summed E-state index contributed by atoms with van der Waals surface area (Å²) < 4.78 is 82.1. The summed E-state index contributed by atoms with van der Waals surface area (Å²) in [6.07, 6.45) is -2.69. The first kappa shape index (κ1) is 26.5. The van der Waals surface area contributed by atoms with Crippen molar-refractivity contribution in [3.05, 3.63) is 53.8 Å². The maximum Gasteiger partial charge on any atom is 0.416 e. The van der Waals surface area contributed by atoms with Crippen LogP contribution in [-0.4, -0.2) is 55.4 Å². The van der Waals surface area contributed by atoms with Gasteiger partial charge in [-0.15, -0.1) is 0 Å². The van der Waals surface area contributed by atoms with Crippen LogP contribution in [-0.2, 0) is 21.0 Å². The van der Waals surface area contributed by atoms with E-state index >= 15 is 0 Å². The highest BCUT2D eigenvalue weighted by molar-refractivity contribution is 7.89. The molecule has 2 atom stereocenters. The number of aliphatic imine (C=N–C) groups is 1. The Bertz CT molecular complexity index is 1240. The van der Waals surface area contributed by atoms with Crippen LogP contribution in [0.1, 0.15) is 24.8 Å². The van der Waals surface area contributed by atoms with Gasteiger partial charge in [0.05, 0.1) is 10.5 Å². The molecule has 1 saturated carbocycles. The Hall–Kier alpha value is -3.12. The molecule has 1 fully saturated rings. The normalized spacial score (nSPS) is 20.2. The predicted molar refractivity (Wildman–Crippen MR) is 122 cm³/mol. The van der Waals surface area contributed by atoms with Gasteiger partial charge in [-0.3, -0.25) is 9.79 Å². The van der Waals surface area contributed by atoms with Crippen LogP contribution in [0.3, 0.4) is 0 Å². The number of benzene rings is 2. The molecule has 1 aliphatic rings. The lowest BCUT2D eigenvalue weighted by Gasteiger charge is -2.36. The standard InChI is InChI=1S/C23H23F4N3O4S/c1-30(21-4-2-3-20(19(21)12-28)29-13-22(31)32)35(33,34)18-10-15(9-16(11-18)23(25,26)27)14-5-7-17(24)8-6-14/h5-12,19,21,28H,2-4,13H2,1H3,(H,31,32). The number of aliphatic carboxylic acids is 1. The van der Waals surface area contributed by atoms with E-state index in [0.29, 0.717) is 31.0 Å². The third-order valence-electron chi connectivity index (χ3n) is 5.88. The Balaban J connectivity index is 2.06. The summed E-state index contributed by atoms with van der Waals surface area (Å²) in [5, 5.41) is 16.7. The Morgan fingerprint density at radius 2 is 1.86 bits per heavy atom. The minimum absolute atomic E-state index is 0.0530. The smallest absolute Gasteiger partial charge is 0.416 e. The molecule has 12 heteroatoms. The number of nitrogens with one attached hydrogen (secondary N) is 1. The van der Waals surface area contributed by atoms with Crippen LogP contribution in [0.5, 0.6) is 0 Å². The molecule has 0 bridgehead atoms. The van der Waals surface area contributed by atoms with Gasteiger partial charge in [0.25, 0.3) is 0 Å². The fourth-order valence-electron chi connectivity index (χ4n) is 4.09. The molecular formula is C23H23F4N3O4S. The van der Waals surface area contributed by atoms with Crippen molar-refractivity contribution in [2.24, 2.45) is 10.9 Å². The van der Waals surface area contributed by atoms with E-state index < -0.39 is 56.9 Å². The first-order valence-electron chi connectivity index (χ1n) is 10.6. The third kappa shape index (κ3) is 5.93. The lowest BCUT2D eigenvalue weighted by molar-refractivity contribution is -0.138. The van der Waals surface area contributed by atoms with Gasteiger partial charge in [-0.05, 0) is 60.7 Å². The van der Waals surface area contributed by atoms with Gasteiger partial charge in [0.1, 0.15) is 12.4 Å². The molecule has 0 aromatic heterocycles. The summed E-state index contributed by atoms with van der Waals surface area (Å²) >= 11 is 0. The van der Waals surface area contributed by atoms with E-state index in [9.17, 15) is 30.8 Å². The number of alkyl halides is 3. The zero-order valence-corrected chi connectivity index (χ0v) is 19.4. The number of carboxylic acids is 1. The number of carbonyl (C=O) groups is 1. The molecule has 2 aromatic rings. The van der Waals surface area contributed by atoms with E-state index in [2.05, 4.69) is 4.99 Å². The van der Waals surface area contributed by atoms with E-state index in [1.54, 1.807) is 0 Å². The summed E-state index contributed by atoms with van der Waals surface area (Å²) in [6, 6.07) is 6.22. The maximum atomic E-state index is 13.6. The van der Waals surface area contributed by atoms with Crippen LogP contribution < -0.4 is 0 Å². The Morgan fingerprint density at radius 1 is 1.20 bits per heavy atom. The molecule has 0 radical (unpaired) electrons. The van der Waals surface area contributed by atoms with Crippen LogP contribution >= 0.6 is 0 Å². The van der Waals surface area contributed by atoms with E-state index in [0.717, 1.165) is 34.8 Å². The van der Waals surface area contributed by atoms with E-state index in [1.165, 1.54) is 19.2 Å². The number of nitrogens with zero attached hydrogens (tertiary/aromatic N) is 2. The zero-order chi connectivity index (χ0) is 26.0. The van der Waals surface area contributed by atoms with Crippen molar-refractivity contribution < 1.29 is 35.9 Å². The Morgan fingerprint density at radius 3 is 2.43 bits per heavy atom. The quantitative estimate of drug-likeness (QED) is 0.420. The fraction of sp³-hybridized carbons (Fsp3) is 0.348. The number of rotatable bonds is 7. The van der Waals surface area contributed by atoms with Crippen molar-refractivity contribution in [3.63, 3.8) is 0 Å². The van der Waals surface area contributed by atoms with Gasteiger partial charge in [0.15, 0.2) is 0 Å². The van der Waals surface area contributed by atoms with Gasteiger partial charge in [-0.1, -0.05) is 12.1 Å². The van der Waals surface area contributed by atoms with Crippen LogP contribution in [0, 0.1) is 17.1 Å². The van der Waals surface area contributed by atoms with Crippen LogP contribution in [0.4, 0.5) is 17.6 Å². The van der Waals surface area contributed by atoms with Gasteiger partial charge < -0.3 is 10.5 Å². The molecule has 3 rings (SSSR count). The maximum absolute atomic E-state index is 13.6. The molecule has 2 aromatic carbocycles. The minimum atomic E-state index is -4.84. The molecule has 35 heavy (non-hydrogen) atoms. The number of halogens is 4. The monoisotopic (exact) mass is 513 g/mol. The van der Waals surface area contributed by atoms with Crippen molar-refractivity contribution in [1.29, 1.82) is 5.41 Å². The first-order chi connectivity index (χ1) is 16.3. The second-order valence-corrected chi connectivity index (χ2v) is 10.1. The minimum Gasteiger partial charge on any atom is -0.480 e. The SMILES string of the molecule is CN(C1CCCC(=NCC(=O)O)C1C=N)S(=O)(=O)c1cc(-c2ccc(F)cc2)cc(C(F)(F)F)c1. The fourth-order valence-corrected chi connectivity index (χ4v) is 5.57. The molecule has 0 saturated heterocycles. The molecule has 2 N–H and O–H groups in total. The van der Waals surface area contributed by atoms with Crippen molar-refractivity contribution in [2.45, 2.75) is 36.4 Å². The van der Waals surface area contributed by atoms with Crippen molar-refractivity contribution in [2.75, 3.05) is 13.6 Å². The molecule has 0 spiro atoms. The van der Waals surface area contributed by atoms with E-state index in [1.807, 2.05) is 0 Å². The number of carboxylic acid groups (broad SMARTS) is 1. The highest BCUT2D eigenvalue weighted by Crippen LogP contribution is 2.36. The summed E-state index contributed by atoms with van der Waals surface area (Å²) in [4.78, 5) is 14.3. The van der Waals surface area contributed by atoms with Gasteiger partial charge in [-0.2, -0.15) is 17.5 Å². The molecule has 0 heterocycles. The number of hydrogen-bond acceptors (Lipinski definition) is 5. The molecule has 188 valence electrons. The highest BCUT2D eigenvalue weighted by Gasteiger charge is 2.39. The predicted octanol–water partition coefficient (Wildman–Crippen LogP) is 4.48. The zero-order valence-electron chi connectivity index (χ0n) is 18.6. The second kappa shape index (κ2) is 10.2. The van der Waals surface area contributed by atoms with Crippen LogP contribution in [0.15, 0.2) is 52.4 Å². The van der Waals surface area contributed by atoms with Crippen molar-refractivity contribution >= 4 is 27.9 Å². The van der Waals surface area contributed by atoms with E-state index in [-0.39, 0.29) is 11.1 Å². The first-order valence-corrected chi connectivity index (χ1v) is 12.0.